The zero-order valence-corrected chi connectivity index (χ0v) is 8.48. The minimum atomic E-state index is 0.622. The quantitative estimate of drug-likeness (QED) is 0.670. The van der Waals surface area contributed by atoms with Crippen molar-refractivity contribution >= 4 is 17.3 Å². The summed E-state index contributed by atoms with van der Waals surface area (Å²) in [5.41, 5.74) is 1.90. The van der Waals surface area contributed by atoms with E-state index in [4.69, 9.17) is 12.2 Å². The van der Waals surface area contributed by atoms with Crippen LogP contribution >= 0.6 is 12.2 Å². The molecule has 70 valence electrons. The lowest BCUT2D eigenvalue weighted by Gasteiger charge is -2.05. The first-order chi connectivity index (χ1) is 6.22. The third-order valence-electron chi connectivity index (χ3n) is 1.52. The summed E-state index contributed by atoms with van der Waals surface area (Å²) in [6.45, 7) is 2.56. The molecule has 1 heterocycles. The van der Waals surface area contributed by atoms with E-state index in [9.17, 15) is 0 Å². The van der Waals surface area contributed by atoms with E-state index in [-0.39, 0.29) is 0 Å². The van der Waals surface area contributed by atoms with E-state index in [2.05, 4.69) is 20.6 Å². The van der Waals surface area contributed by atoms with E-state index >= 15 is 0 Å². The summed E-state index contributed by atoms with van der Waals surface area (Å²) >= 11 is 4.92. The topological polar surface area (TPSA) is 49.8 Å². The molecular weight excluding hydrogens is 184 g/mol. The third kappa shape index (κ3) is 3.33. The molecule has 1 rings (SSSR count). The van der Waals surface area contributed by atoms with Gasteiger partial charge in [-0.15, -0.1) is 0 Å². The summed E-state index contributed by atoms with van der Waals surface area (Å²) in [5.74, 6) is 0. The van der Waals surface area contributed by atoms with Crippen molar-refractivity contribution in [1.82, 2.24) is 20.6 Å². The predicted molar refractivity (Wildman–Crippen MR) is 55.3 cm³/mol. The Morgan fingerprint density at radius 3 is 2.92 bits per heavy atom. The van der Waals surface area contributed by atoms with E-state index in [0.29, 0.717) is 11.7 Å². The van der Waals surface area contributed by atoms with Crippen LogP contribution in [0.4, 0.5) is 0 Å². The summed E-state index contributed by atoms with van der Waals surface area (Å²) in [7, 11) is 1.78. The SMILES string of the molecule is CNC(=S)NCc1cc(C)ncn1. The molecule has 0 aromatic carbocycles. The standard InChI is InChI=1S/C8H12N4S/c1-6-3-7(12-5-11-6)4-10-8(13)9-2/h3,5H,4H2,1-2H3,(H2,9,10,13). The highest BCUT2D eigenvalue weighted by atomic mass is 32.1. The molecule has 2 N–H and O–H groups in total. The first-order valence-electron chi connectivity index (χ1n) is 3.95. The van der Waals surface area contributed by atoms with Crippen LogP contribution in [0.3, 0.4) is 0 Å². The molecule has 13 heavy (non-hydrogen) atoms. The molecule has 0 amide bonds. The molecule has 1 aromatic heterocycles. The highest BCUT2D eigenvalue weighted by Crippen LogP contribution is 1.95. The van der Waals surface area contributed by atoms with Gasteiger partial charge in [0.05, 0.1) is 12.2 Å². The zero-order valence-electron chi connectivity index (χ0n) is 7.66. The monoisotopic (exact) mass is 196 g/mol. The molecule has 0 aliphatic carbocycles. The molecular formula is C8H12N4S. The number of rotatable bonds is 2. The molecule has 0 saturated carbocycles. The fourth-order valence-corrected chi connectivity index (χ4v) is 0.938. The fraction of sp³-hybridized carbons (Fsp3) is 0.375. The number of hydrogen-bond donors (Lipinski definition) is 2. The summed E-state index contributed by atoms with van der Waals surface area (Å²) in [4.78, 5) is 8.08. The van der Waals surface area contributed by atoms with Gasteiger partial charge in [0.2, 0.25) is 0 Å². The van der Waals surface area contributed by atoms with Gasteiger partial charge in [0.25, 0.3) is 0 Å². The molecule has 0 radical (unpaired) electrons. The minimum absolute atomic E-state index is 0.622. The number of thiocarbonyl (C=S) groups is 1. The first kappa shape index (κ1) is 9.85. The predicted octanol–water partition coefficient (Wildman–Crippen LogP) is 0.379. The zero-order chi connectivity index (χ0) is 9.68. The third-order valence-corrected chi connectivity index (χ3v) is 1.87. The molecule has 4 nitrogen and oxygen atoms in total. The Morgan fingerprint density at radius 2 is 2.31 bits per heavy atom. The van der Waals surface area contributed by atoms with Gasteiger partial charge in [0, 0.05) is 12.7 Å². The van der Waals surface area contributed by atoms with Gasteiger partial charge >= 0.3 is 0 Å². The van der Waals surface area contributed by atoms with Crippen LogP contribution in [0.15, 0.2) is 12.4 Å². The van der Waals surface area contributed by atoms with Crippen molar-refractivity contribution in [1.29, 1.82) is 0 Å². The van der Waals surface area contributed by atoms with Gasteiger partial charge in [0.15, 0.2) is 5.11 Å². The van der Waals surface area contributed by atoms with Crippen molar-refractivity contribution in [3.63, 3.8) is 0 Å². The number of aryl methyl sites for hydroxylation is 1. The van der Waals surface area contributed by atoms with Crippen LogP contribution in [0.25, 0.3) is 0 Å². The van der Waals surface area contributed by atoms with Gasteiger partial charge in [-0.1, -0.05) is 0 Å². The van der Waals surface area contributed by atoms with Crippen molar-refractivity contribution in [2.75, 3.05) is 7.05 Å². The second-order valence-corrected chi connectivity index (χ2v) is 2.99. The van der Waals surface area contributed by atoms with Crippen LogP contribution in [0.2, 0.25) is 0 Å². The second kappa shape index (κ2) is 4.71. The molecule has 0 bridgehead atoms. The van der Waals surface area contributed by atoms with Crippen molar-refractivity contribution < 1.29 is 0 Å². The Hall–Kier alpha value is -1.23. The maximum absolute atomic E-state index is 4.92. The van der Waals surface area contributed by atoms with E-state index in [1.165, 1.54) is 0 Å². The Balaban J connectivity index is 2.50. The van der Waals surface area contributed by atoms with Gasteiger partial charge in [-0.3, -0.25) is 0 Å². The average molecular weight is 196 g/mol. The molecule has 0 atom stereocenters. The Kier molecular flexibility index (Phi) is 3.57. The molecule has 5 heteroatoms. The average Bonchev–Trinajstić information content (AvgIpc) is 2.14. The van der Waals surface area contributed by atoms with Crippen LogP contribution in [0.5, 0.6) is 0 Å². The molecule has 0 spiro atoms. The number of nitrogens with one attached hydrogen (secondary N) is 2. The second-order valence-electron chi connectivity index (χ2n) is 2.58. The maximum Gasteiger partial charge on any atom is 0.166 e. The number of nitrogens with zero attached hydrogens (tertiary/aromatic N) is 2. The van der Waals surface area contributed by atoms with Gasteiger partial charge in [-0.2, -0.15) is 0 Å². The number of hydrogen-bond acceptors (Lipinski definition) is 3. The smallest absolute Gasteiger partial charge is 0.166 e. The lowest BCUT2D eigenvalue weighted by atomic mass is 10.3. The molecule has 0 aliphatic heterocycles. The fourth-order valence-electron chi connectivity index (χ4n) is 0.866. The normalized spacial score (nSPS) is 9.38. The van der Waals surface area contributed by atoms with Crippen LogP contribution in [-0.2, 0) is 6.54 Å². The Morgan fingerprint density at radius 1 is 1.54 bits per heavy atom. The van der Waals surface area contributed by atoms with Crippen LogP contribution in [-0.4, -0.2) is 22.1 Å². The summed E-state index contributed by atoms with van der Waals surface area (Å²) in [5, 5.41) is 6.45. The summed E-state index contributed by atoms with van der Waals surface area (Å²) in [6, 6.07) is 1.92. The van der Waals surface area contributed by atoms with Crippen LogP contribution < -0.4 is 10.6 Å². The van der Waals surface area contributed by atoms with Crippen molar-refractivity contribution in [2.45, 2.75) is 13.5 Å². The lowest BCUT2D eigenvalue weighted by molar-refractivity contribution is 0.843. The van der Waals surface area contributed by atoms with Crippen LogP contribution in [0, 0.1) is 6.92 Å². The minimum Gasteiger partial charge on any atom is -0.366 e. The van der Waals surface area contributed by atoms with Crippen molar-refractivity contribution in [3.05, 3.63) is 23.8 Å². The largest absolute Gasteiger partial charge is 0.366 e. The molecule has 0 fully saturated rings. The molecule has 1 aromatic rings. The van der Waals surface area contributed by atoms with Crippen LogP contribution in [0.1, 0.15) is 11.4 Å². The summed E-state index contributed by atoms with van der Waals surface area (Å²) < 4.78 is 0. The Labute approximate surface area is 82.8 Å². The highest BCUT2D eigenvalue weighted by Gasteiger charge is 1.95. The molecule has 0 aliphatic rings. The molecule has 0 unspecified atom stereocenters. The van der Waals surface area contributed by atoms with Crippen molar-refractivity contribution in [2.24, 2.45) is 0 Å². The van der Waals surface area contributed by atoms with Gasteiger partial charge in [0.1, 0.15) is 6.33 Å². The highest BCUT2D eigenvalue weighted by molar-refractivity contribution is 7.80. The lowest BCUT2D eigenvalue weighted by Crippen LogP contribution is -2.32. The van der Waals surface area contributed by atoms with Gasteiger partial charge < -0.3 is 10.6 Å². The van der Waals surface area contributed by atoms with E-state index in [1.807, 2.05) is 13.0 Å². The first-order valence-corrected chi connectivity index (χ1v) is 4.36. The Bertz CT molecular complexity index is 300. The number of aromatic nitrogens is 2. The summed E-state index contributed by atoms with van der Waals surface area (Å²) in [6.07, 6.45) is 1.55. The van der Waals surface area contributed by atoms with Gasteiger partial charge in [-0.05, 0) is 25.2 Å². The van der Waals surface area contributed by atoms with E-state index in [0.717, 1.165) is 11.4 Å². The van der Waals surface area contributed by atoms with Gasteiger partial charge in [-0.25, -0.2) is 9.97 Å². The maximum atomic E-state index is 4.92. The van der Waals surface area contributed by atoms with E-state index < -0.39 is 0 Å². The molecule has 0 saturated heterocycles. The van der Waals surface area contributed by atoms with E-state index in [1.54, 1.807) is 13.4 Å². The van der Waals surface area contributed by atoms with Crippen molar-refractivity contribution in [3.8, 4) is 0 Å².